The molecule has 0 aliphatic rings. The van der Waals surface area contributed by atoms with Crippen molar-refractivity contribution in [1.82, 2.24) is 4.98 Å². The van der Waals surface area contributed by atoms with E-state index in [1.807, 2.05) is 41.5 Å². The summed E-state index contributed by atoms with van der Waals surface area (Å²) in [5, 5.41) is 11.4. The van der Waals surface area contributed by atoms with Crippen molar-refractivity contribution in [2.24, 2.45) is 0 Å². The Morgan fingerprint density at radius 1 is 0.923 bits per heavy atom. The molecule has 0 spiro atoms. The summed E-state index contributed by atoms with van der Waals surface area (Å²) in [6, 6.07) is 5.24. The Morgan fingerprint density at radius 2 is 1.42 bits per heavy atom. The average Bonchev–Trinajstić information content (AvgIpc) is 2.91. The van der Waals surface area contributed by atoms with Crippen molar-refractivity contribution in [3.05, 3.63) is 46.6 Å². The number of aromatic nitrogens is 1. The maximum atomic E-state index is 13.0. The van der Waals surface area contributed by atoms with E-state index in [1.54, 1.807) is 24.4 Å². The van der Waals surface area contributed by atoms with Crippen molar-refractivity contribution >= 4 is 22.7 Å². The van der Waals surface area contributed by atoms with Crippen molar-refractivity contribution in [3.8, 4) is 5.75 Å². The van der Waals surface area contributed by atoms with Gasteiger partial charge < -0.3 is 10.1 Å². The van der Waals surface area contributed by atoms with Gasteiger partial charge in [-0.3, -0.25) is 9.59 Å². The third kappa shape index (κ3) is 4.39. The van der Waals surface area contributed by atoms with Crippen LogP contribution in [0.25, 0.3) is 0 Å². The first kappa shape index (κ1) is 20.3. The summed E-state index contributed by atoms with van der Waals surface area (Å²) in [5.74, 6) is 0.121. The Balaban J connectivity index is 2.56. The van der Waals surface area contributed by atoms with Gasteiger partial charge in [0.25, 0.3) is 0 Å². The summed E-state index contributed by atoms with van der Waals surface area (Å²) < 4.78 is 0. The van der Waals surface area contributed by atoms with E-state index in [4.69, 9.17) is 0 Å². The predicted octanol–water partition coefficient (Wildman–Crippen LogP) is 5.18. The second kappa shape index (κ2) is 6.95. The molecule has 0 amide bonds. The van der Waals surface area contributed by atoms with Gasteiger partial charge in [0.05, 0.1) is 5.03 Å². The van der Waals surface area contributed by atoms with Crippen LogP contribution in [-0.2, 0) is 15.6 Å². The van der Waals surface area contributed by atoms with E-state index in [1.165, 1.54) is 6.92 Å². The molecule has 0 radical (unpaired) electrons. The van der Waals surface area contributed by atoms with Gasteiger partial charge in [0.2, 0.25) is 0 Å². The van der Waals surface area contributed by atoms with Crippen LogP contribution in [0.4, 0.5) is 0 Å². The fraction of sp³-hybridized carbons (Fsp3) is 0.429. The Morgan fingerprint density at radius 3 is 1.85 bits per heavy atom. The minimum atomic E-state index is -0.297. The van der Waals surface area contributed by atoms with Crippen molar-refractivity contribution < 1.29 is 14.7 Å². The zero-order valence-corrected chi connectivity index (χ0v) is 17.3. The Bertz CT molecular complexity index is 816. The van der Waals surface area contributed by atoms with E-state index in [-0.39, 0.29) is 27.5 Å². The van der Waals surface area contributed by atoms with E-state index >= 15 is 0 Å². The van der Waals surface area contributed by atoms with Gasteiger partial charge in [0, 0.05) is 35.4 Å². The number of hydrogen-bond donors (Lipinski definition) is 2. The zero-order valence-electron chi connectivity index (χ0n) is 16.5. The number of aromatic hydroxyl groups is 1. The van der Waals surface area contributed by atoms with Crippen molar-refractivity contribution in [2.75, 3.05) is 0 Å². The van der Waals surface area contributed by atoms with E-state index in [9.17, 15) is 14.7 Å². The highest BCUT2D eigenvalue weighted by atomic mass is 32.2. The van der Waals surface area contributed by atoms with Crippen LogP contribution in [0.15, 0.2) is 29.4 Å². The van der Waals surface area contributed by atoms with Crippen molar-refractivity contribution in [2.45, 2.75) is 64.3 Å². The molecule has 1 heterocycles. The number of phenols is 1. The van der Waals surface area contributed by atoms with E-state index in [0.29, 0.717) is 16.2 Å². The molecule has 0 unspecified atom stereocenters. The van der Waals surface area contributed by atoms with Crippen LogP contribution >= 0.6 is 11.8 Å². The van der Waals surface area contributed by atoms with Gasteiger partial charge in [0.15, 0.2) is 10.9 Å². The number of carbonyl (C=O) groups is 2. The molecule has 1 aromatic heterocycles. The molecule has 0 fully saturated rings. The standard InChI is InChI=1S/C21H27NO3S/c1-12(23)26-17-10-14(11-22-17)18(24)13-8-15(20(2,3)4)19(25)16(9-13)21(5,6)7/h8-11,22,25H,1-7H3. The number of phenolic OH excluding ortho intramolecular Hbond substituents is 1. The number of thioether (sulfide) groups is 1. The van der Waals surface area contributed by atoms with Gasteiger partial charge in [-0.1, -0.05) is 41.5 Å². The number of rotatable bonds is 3. The molecule has 2 rings (SSSR count). The molecule has 2 N–H and O–H groups in total. The number of H-pyrrole nitrogens is 1. The van der Waals surface area contributed by atoms with Crippen LogP contribution in [0.1, 0.15) is 75.5 Å². The topological polar surface area (TPSA) is 70.2 Å². The third-order valence-corrected chi connectivity index (χ3v) is 4.90. The Hall–Kier alpha value is -2.01. The normalized spacial score (nSPS) is 12.3. The Kier molecular flexibility index (Phi) is 5.43. The number of aromatic amines is 1. The number of hydrogen-bond acceptors (Lipinski definition) is 4. The first-order valence-electron chi connectivity index (χ1n) is 8.60. The lowest BCUT2D eigenvalue weighted by Gasteiger charge is -2.28. The highest BCUT2D eigenvalue weighted by Crippen LogP contribution is 2.40. The van der Waals surface area contributed by atoms with E-state index < -0.39 is 0 Å². The van der Waals surface area contributed by atoms with Crippen LogP contribution in [0.3, 0.4) is 0 Å². The molecule has 0 bridgehead atoms. The fourth-order valence-electron chi connectivity index (χ4n) is 2.79. The maximum Gasteiger partial charge on any atom is 0.194 e. The fourth-order valence-corrected chi connectivity index (χ4v) is 3.41. The molecule has 140 valence electrons. The molecule has 0 saturated heterocycles. The number of ketones is 1. The highest BCUT2D eigenvalue weighted by Gasteiger charge is 2.28. The molecule has 2 aromatic rings. The molecule has 0 aliphatic heterocycles. The van der Waals surface area contributed by atoms with Crippen molar-refractivity contribution in [1.29, 1.82) is 0 Å². The van der Waals surface area contributed by atoms with Gasteiger partial charge in [-0.25, -0.2) is 0 Å². The summed E-state index contributed by atoms with van der Waals surface area (Å²) >= 11 is 1.06. The molecular weight excluding hydrogens is 346 g/mol. The van der Waals surface area contributed by atoms with E-state index in [0.717, 1.165) is 22.9 Å². The molecule has 0 atom stereocenters. The largest absolute Gasteiger partial charge is 0.507 e. The number of benzene rings is 1. The second-order valence-electron chi connectivity index (χ2n) is 8.60. The average molecular weight is 374 g/mol. The summed E-state index contributed by atoms with van der Waals surface area (Å²) in [5.41, 5.74) is 1.95. The monoisotopic (exact) mass is 373 g/mol. The third-order valence-electron chi connectivity index (χ3n) is 4.16. The van der Waals surface area contributed by atoms with Crippen LogP contribution in [0, 0.1) is 0 Å². The Labute approximate surface area is 159 Å². The smallest absolute Gasteiger partial charge is 0.194 e. The van der Waals surface area contributed by atoms with Crippen LogP contribution in [0.2, 0.25) is 0 Å². The van der Waals surface area contributed by atoms with Crippen LogP contribution < -0.4 is 0 Å². The first-order valence-corrected chi connectivity index (χ1v) is 9.42. The summed E-state index contributed by atoms with van der Waals surface area (Å²) in [7, 11) is 0. The second-order valence-corrected chi connectivity index (χ2v) is 9.81. The van der Waals surface area contributed by atoms with Crippen LogP contribution in [-0.4, -0.2) is 21.0 Å². The van der Waals surface area contributed by atoms with Crippen LogP contribution in [0.5, 0.6) is 5.75 Å². The lowest BCUT2D eigenvalue weighted by molar-refractivity contribution is -0.109. The molecular formula is C21H27NO3S. The van der Waals surface area contributed by atoms with E-state index in [2.05, 4.69) is 4.98 Å². The molecule has 1 aromatic carbocycles. The van der Waals surface area contributed by atoms with Gasteiger partial charge in [0.1, 0.15) is 5.75 Å². The minimum absolute atomic E-state index is 0.0412. The zero-order chi connectivity index (χ0) is 19.9. The summed E-state index contributed by atoms with van der Waals surface area (Å²) in [6.07, 6.45) is 1.62. The maximum absolute atomic E-state index is 13.0. The van der Waals surface area contributed by atoms with Gasteiger partial charge in [-0.05, 0) is 40.8 Å². The molecule has 4 nitrogen and oxygen atoms in total. The summed E-state index contributed by atoms with van der Waals surface area (Å²) in [6.45, 7) is 13.6. The predicted molar refractivity (Wildman–Crippen MR) is 106 cm³/mol. The highest BCUT2D eigenvalue weighted by molar-refractivity contribution is 8.13. The lowest BCUT2D eigenvalue weighted by Crippen LogP contribution is -2.19. The molecule has 0 aliphatic carbocycles. The number of nitrogens with one attached hydrogen (secondary N) is 1. The molecule has 0 saturated carbocycles. The van der Waals surface area contributed by atoms with Crippen molar-refractivity contribution in [3.63, 3.8) is 0 Å². The summed E-state index contributed by atoms with van der Waals surface area (Å²) in [4.78, 5) is 27.2. The first-order chi connectivity index (χ1) is 11.8. The van der Waals surface area contributed by atoms with Gasteiger partial charge in [-0.2, -0.15) is 0 Å². The molecule has 26 heavy (non-hydrogen) atoms. The van der Waals surface area contributed by atoms with Gasteiger partial charge >= 0.3 is 0 Å². The SMILES string of the molecule is CC(=O)Sc1cc(C(=O)c2cc(C(C)(C)C)c(O)c(C(C)(C)C)c2)c[nH]1. The quantitative estimate of drug-likeness (QED) is 0.574. The minimum Gasteiger partial charge on any atom is -0.507 e. The lowest BCUT2D eigenvalue weighted by atomic mass is 9.78. The van der Waals surface area contributed by atoms with Gasteiger partial charge in [-0.15, -0.1) is 0 Å². The molecule has 5 heteroatoms. The number of carbonyl (C=O) groups excluding carboxylic acids is 2.